The summed E-state index contributed by atoms with van der Waals surface area (Å²) in [6.45, 7) is 0.947. The summed E-state index contributed by atoms with van der Waals surface area (Å²) in [6, 6.07) is 11.2. The van der Waals surface area contributed by atoms with Crippen LogP contribution in [0.5, 0.6) is 0 Å². The molecule has 2 nitrogen and oxygen atoms in total. The van der Waals surface area contributed by atoms with Gasteiger partial charge in [-0.3, -0.25) is 4.98 Å². The highest BCUT2D eigenvalue weighted by Gasteiger charge is 2.19. The minimum Gasteiger partial charge on any atom is -0.310 e. The van der Waals surface area contributed by atoms with E-state index in [1.54, 1.807) is 0 Å². The number of aromatic nitrogens is 1. The number of fused-ring (bicyclic) bond motifs is 1. The summed E-state index contributed by atoms with van der Waals surface area (Å²) in [4.78, 5) is 4.44. The van der Waals surface area contributed by atoms with Gasteiger partial charge < -0.3 is 5.32 Å². The van der Waals surface area contributed by atoms with Crippen molar-refractivity contribution in [3.8, 4) is 0 Å². The van der Waals surface area contributed by atoms with Crippen molar-refractivity contribution in [3.05, 3.63) is 42.1 Å². The summed E-state index contributed by atoms with van der Waals surface area (Å²) in [5.41, 5.74) is 2.35. The monoisotopic (exact) mass is 198 g/mol. The first-order chi connectivity index (χ1) is 7.42. The van der Waals surface area contributed by atoms with Crippen LogP contribution in [-0.4, -0.2) is 11.0 Å². The van der Waals surface area contributed by atoms with E-state index in [4.69, 9.17) is 0 Å². The average molecular weight is 198 g/mol. The summed E-state index contributed by atoms with van der Waals surface area (Å²) in [7, 11) is 0. The largest absolute Gasteiger partial charge is 0.310 e. The zero-order valence-electron chi connectivity index (χ0n) is 8.61. The molecule has 1 N–H and O–H groups in total. The number of benzene rings is 1. The van der Waals surface area contributed by atoms with Crippen molar-refractivity contribution >= 4 is 10.9 Å². The molecule has 2 heteroatoms. The Labute approximate surface area is 89.3 Å². The van der Waals surface area contributed by atoms with Crippen LogP contribution in [-0.2, 0) is 6.54 Å². The molecule has 0 atom stereocenters. The molecule has 0 aliphatic heterocycles. The van der Waals surface area contributed by atoms with Crippen LogP contribution in [0, 0.1) is 0 Å². The van der Waals surface area contributed by atoms with Crippen LogP contribution in [0.15, 0.2) is 36.5 Å². The maximum atomic E-state index is 4.44. The second-order valence-electron chi connectivity index (χ2n) is 4.19. The molecule has 1 aromatic heterocycles. The maximum Gasteiger partial charge on any atom is 0.0702 e. The van der Waals surface area contributed by atoms with Gasteiger partial charge in [0.25, 0.3) is 0 Å². The molecule has 0 amide bonds. The molecule has 1 heterocycles. The van der Waals surface area contributed by atoms with Crippen molar-refractivity contribution in [1.29, 1.82) is 0 Å². The normalized spacial score (nSPS) is 15.7. The molecule has 1 fully saturated rings. The Morgan fingerprint density at radius 1 is 1.27 bits per heavy atom. The van der Waals surface area contributed by atoms with Crippen molar-refractivity contribution in [1.82, 2.24) is 10.3 Å². The number of para-hydroxylation sites is 1. The fourth-order valence-corrected chi connectivity index (χ4v) is 1.76. The zero-order chi connectivity index (χ0) is 10.1. The molecule has 1 aliphatic carbocycles. The van der Waals surface area contributed by atoms with Gasteiger partial charge in [0, 0.05) is 24.2 Å². The predicted octanol–water partition coefficient (Wildman–Crippen LogP) is 2.49. The molecule has 1 saturated carbocycles. The highest BCUT2D eigenvalue weighted by atomic mass is 14.9. The van der Waals surface area contributed by atoms with Gasteiger partial charge in [0.05, 0.1) is 5.52 Å². The van der Waals surface area contributed by atoms with E-state index in [9.17, 15) is 0 Å². The van der Waals surface area contributed by atoms with E-state index in [0.29, 0.717) is 0 Å². The lowest BCUT2D eigenvalue weighted by atomic mass is 10.1. The first-order valence-electron chi connectivity index (χ1n) is 5.49. The molecular weight excluding hydrogens is 184 g/mol. The fraction of sp³-hybridized carbons (Fsp3) is 0.308. The lowest BCUT2D eigenvalue weighted by molar-refractivity contribution is 0.687. The third-order valence-corrected chi connectivity index (χ3v) is 2.82. The Kier molecular flexibility index (Phi) is 2.14. The minimum absolute atomic E-state index is 0.761. The molecule has 0 bridgehead atoms. The van der Waals surface area contributed by atoms with Crippen molar-refractivity contribution in [2.24, 2.45) is 0 Å². The standard InChI is InChI=1S/C13H14N2/c1-2-4-13-11(3-1)7-10(9-15-13)8-14-12-5-6-12/h1-4,7,9,12,14H,5-6,8H2. The number of rotatable bonds is 3. The molecule has 1 aromatic carbocycles. The molecule has 2 aromatic rings. The first-order valence-corrected chi connectivity index (χ1v) is 5.49. The molecule has 76 valence electrons. The van der Waals surface area contributed by atoms with Crippen LogP contribution < -0.4 is 5.32 Å². The third-order valence-electron chi connectivity index (χ3n) is 2.82. The summed E-state index contributed by atoms with van der Waals surface area (Å²) < 4.78 is 0. The predicted molar refractivity (Wildman–Crippen MR) is 61.6 cm³/mol. The van der Waals surface area contributed by atoms with Crippen molar-refractivity contribution in [3.63, 3.8) is 0 Å². The number of nitrogens with one attached hydrogen (secondary N) is 1. The van der Waals surface area contributed by atoms with Gasteiger partial charge in [-0.15, -0.1) is 0 Å². The van der Waals surface area contributed by atoms with Gasteiger partial charge in [0.1, 0.15) is 0 Å². The molecule has 0 spiro atoms. The highest BCUT2D eigenvalue weighted by molar-refractivity contribution is 5.78. The summed E-state index contributed by atoms with van der Waals surface area (Å²) in [5.74, 6) is 0. The SMILES string of the molecule is c1ccc2ncc(CNC3CC3)cc2c1. The van der Waals surface area contributed by atoms with E-state index < -0.39 is 0 Å². The van der Waals surface area contributed by atoms with Crippen LogP contribution in [0.1, 0.15) is 18.4 Å². The van der Waals surface area contributed by atoms with E-state index in [1.807, 2.05) is 18.3 Å². The maximum absolute atomic E-state index is 4.44. The van der Waals surface area contributed by atoms with Crippen LogP contribution in [0.3, 0.4) is 0 Å². The summed E-state index contributed by atoms with van der Waals surface area (Å²) >= 11 is 0. The van der Waals surface area contributed by atoms with E-state index in [1.165, 1.54) is 23.8 Å². The van der Waals surface area contributed by atoms with Gasteiger partial charge in [-0.25, -0.2) is 0 Å². The van der Waals surface area contributed by atoms with Crippen LogP contribution >= 0.6 is 0 Å². The number of pyridine rings is 1. The molecule has 1 aliphatic rings. The summed E-state index contributed by atoms with van der Waals surface area (Å²) in [6.07, 6.45) is 4.64. The Bertz CT molecular complexity index is 475. The topological polar surface area (TPSA) is 24.9 Å². The lowest BCUT2D eigenvalue weighted by Gasteiger charge is -2.03. The Balaban J connectivity index is 1.84. The van der Waals surface area contributed by atoms with Crippen molar-refractivity contribution in [2.45, 2.75) is 25.4 Å². The molecular formula is C13H14N2. The number of hydrogen-bond acceptors (Lipinski definition) is 2. The quantitative estimate of drug-likeness (QED) is 0.819. The van der Waals surface area contributed by atoms with Crippen LogP contribution in [0.25, 0.3) is 10.9 Å². The fourth-order valence-electron chi connectivity index (χ4n) is 1.76. The van der Waals surface area contributed by atoms with Crippen LogP contribution in [0.4, 0.5) is 0 Å². The molecule has 0 radical (unpaired) electrons. The Hall–Kier alpha value is -1.41. The second-order valence-corrected chi connectivity index (χ2v) is 4.19. The van der Waals surface area contributed by atoms with Gasteiger partial charge in [-0.2, -0.15) is 0 Å². The smallest absolute Gasteiger partial charge is 0.0702 e. The van der Waals surface area contributed by atoms with Crippen LogP contribution in [0.2, 0.25) is 0 Å². The lowest BCUT2D eigenvalue weighted by Crippen LogP contribution is -2.15. The summed E-state index contributed by atoms with van der Waals surface area (Å²) in [5, 5.41) is 4.73. The average Bonchev–Trinajstić information content (AvgIpc) is 3.10. The first kappa shape index (κ1) is 8.86. The van der Waals surface area contributed by atoms with Gasteiger partial charge in [0.2, 0.25) is 0 Å². The van der Waals surface area contributed by atoms with Gasteiger partial charge in [0.15, 0.2) is 0 Å². The number of nitrogens with zero attached hydrogens (tertiary/aromatic N) is 1. The highest BCUT2D eigenvalue weighted by Crippen LogP contribution is 2.19. The molecule has 15 heavy (non-hydrogen) atoms. The molecule has 0 unspecified atom stereocenters. The van der Waals surface area contributed by atoms with Gasteiger partial charge in [-0.05, 0) is 30.5 Å². The second kappa shape index (κ2) is 3.63. The molecule has 0 saturated heterocycles. The third kappa shape index (κ3) is 2.00. The van der Waals surface area contributed by atoms with E-state index in [-0.39, 0.29) is 0 Å². The van der Waals surface area contributed by atoms with Crippen molar-refractivity contribution < 1.29 is 0 Å². The Morgan fingerprint density at radius 3 is 3.00 bits per heavy atom. The van der Waals surface area contributed by atoms with Gasteiger partial charge >= 0.3 is 0 Å². The number of hydrogen-bond donors (Lipinski definition) is 1. The van der Waals surface area contributed by atoms with E-state index >= 15 is 0 Å². The Morgan fingerprint density at radius 2 is 2.13 bits per heavy atom. The minimum atomic E-state index is 0.761. The van der Waals surface area contributed by atoms with E-state index in [2.05, 4.69) is 28.5 Å². The van der Waals surface area contributed by atoms with Gasteiger partial charge in [-0.1, -0.05) is 18.2 Å². The van der Waals surface area contributed by atoms with Crippen molar-refractivity contribution in [2.75, 3.05) is 0 Å². The van der Waals surface area contributed by atoms with E-state index in [0.717, 1.165) is 18.1 Å². The molecule has 3 rings (SSSR count). The zero-order valence-corrected chi connectivity index (χ0v) is 8.61.